The average Bonchev–Trinajstić information content (AvgIpc) is 2.60. The van der Waals surface area contributed by atoms with Crippen molar-refractivity contribution in [2.75, 3.05) is 13.7 Å². The number of rotatable bonds is 4. The highest BCUT2D eigenvalue weighted by Gasteiger charge is 2.35. The molecule has 1 aliphatic rings. The summed E-state index contributed by atoms with van der Waals surface area (Å²) < 4.78 is 15.9. The summed E-state index contributed by atoms with van der Waals surface area (Å²) in [5.74, 6) is 0.147. The maximum absolute atomic E-state index is 12.5. The lowest BCUT2D eigenvalue weighted by Gasteiger charge is -2.28. The van der Waals surface area contributed by atoms with Gasteiger partial charge in [-0.1, -0.05) is 18.2 Å². The van der Waals surface area contributed by atoms with E-state index in [1.807, 2.05) is 24.3 Å². The van der Waals surface area contributed by atoms with Crippen LogP contribution in [0.5, 0.6) is 17.2 Å². The topological polar surface area (TPSA) is 91.0 Å². The van der Waals surface area contributed by atoms with E-state index in [2.05, 4.69) is 0 Å². The first-order chi connectivity index (χ1) is 12.0. The summed E-state index contributed by atoms with van der Waals surface area (Å²) in [7, 11) is 1.59. The Morgan fingerprint density at radius 1 is 1.24 bits per heavy atom. The van der Waals surface area contributed by atoms with E-state index in [0.29, 0.717) is 11.5 Å². The minimum atomic E-state index is -0.528. The molecule has 25 heavy (non-hydrogen) atoms. The molecule has 0 saturated heterocycles. The molecule has 0 bridgehead atoms. The highest BCUT2D eigenvalue weighted by atomic mass is 16.5. The first kappa shape index (κ1) is 16.7. The number of carbonyl (C=O) groups excluding carboxylic acids is 1. The lowest BCUT2D eigenvalue weighted by Crippen LogP contribution is -2.27. The SMILES string of the molecule is CCOC(=O)C1=C(N)Oc2cc(O)ccc2[C@H]1c1ccc(OC)cc1. The number of esters is 1. The van der Waals surface area contributed by atoms with Gasteiger partial charge in [0.2, 0.25) is 5.88 Å². The number of hydrogen-bond acceptors (Lipinski definition) is 6. The summed E-state index contributed by atoms with van der Waals surface area (Å²) in [5, 5.41) is 9.71. The molecular weight excluding hydrogens is 322 g/mol. The zero-order valence-corrected chi connectivity index (χ0v) is 14.0. The number of aromatic hydroxyl groups is 1. The Hall–Kier alpha value is -3.15. The van der Waals surface area contributed by atoms with E-state index < -0.39 is 11.9 Å². The van der Waals surface area contributed by atoms with Crippen LogP contribution in [-0.2, 0) is 9.53 Å². The second-order valence-electron chi connectivity index (χ2n) is 5.53. The molecule has 0 unspecified atom stereocenters. The molecule has 1 aliphatic heterocycles. The van der Waals surface area contributed by atoms with Crippen molar-refractivity contribution in [3.8, 4) is 17.2 Å². The van der Waals surface area contributed by atoms with E-state index in [1.54, 1.807) is 26.2 Å². The molecule has 0 aromatic heterocycles. The smallest absolute Gasteiger partial charge is 0.340 e. The molecule has 2 aromatic rings. The van der Waals surface area contributed by atoms with E-state index >= 15 is 0 Å². The highest BCUT2D eigenvalue weighted by Crippen LogP contribution is 2.44. The van der Waals surface area contributed by atoms with Crippen LogP contribution >= 0.6 is 0 Å². The van der Waals surface area contributed by atoms with Crippen LogP contribution in [0.3, 0.4) is 0 Å². The third-order valence-corrected chi connectivity index (χ3v) is 4.03. The van der Waals surface area contributed by atoms with E-state index in [1.165, 1.54) is 6.07 Å². The van der Waals surface area contributed by atoms with E-state index in [4.69, 9.17) is 19.9 Å². The fourth-order valence-corrected chi connectivity index (χ4v) is 2.89. The van der Waals surface area contributed by atoms with Gasteiger partial charge in [-0.3, -0.25) is 0 Å². The molecule has 0 aliphatic carbocycles. The molecule has 6 nitrogen and oxygen atoms in total. The van der Waals surface area contributed by atoms with Crippen molar-refractivity contribution in [1.29, 1.82) is 0 Å². The number of benzene rings is 2. The number of carbonyl (C=O) groups is 1. The normalized spacial score (nSPS) is 16.0. The number of ether oxygens (including phenoxy) is 3. The van der Waals surface area contributed by atoms with Gasteiger partial charge in [-0.15, -0.1) is 0 Å². The average molecular weight is 341 g/mol. The number of fused-ring (bicyclic) bond motifs is 1. The summed E-state index contributed by atoms with van der Waals surface area (Å²) in [6.45, 7) is 1.96. The van der Waals surface area contributed by atoms with Crippen LogP contribution in [0.25, 0.3) is 0 Å². The lowest BCUT2D eigenvalue weighted by molar-refractivity contribution is -0.139. The molecule has 1 heterocycles. The summed E-state index contributed by atoms with van der Waals surface area (Å²) >= 11 is 0. The first-order valence-electron chi connectivity index (χ1n) is 7.86. The van der Waals surface area contributed by atoms with E-state index in [-0.39, 0.29) is 23.8 Å². The van der Waals surface area contributed by atoms with Gasteiger partial charge in [-0.2, -0.15) is 0 Å². The van der Waals surface area contributed by atoms with E-state index in [9.17, 15) is 9.90 Å². The number of hydrogen-bond donors (Lipinski definition) is 2. The number of methoxy groups -OCH3 is 1. The first-order valence-corrected chi connectivity index (χ1v) is 7.86. The fourth-order valence-electron chi connectivity index (χ4n) is 2.89. The maximum atomic E-state index is 12.5. The molecule has 130 valence electrons. The van der Waals surface area contributed by atoms with Crippen LogP contribution in [-0.4, -0.2) is 24.8 Å². The van der Waals surface area contributed by atoms with Gasteiger partial charge in [-0.05, 0) is 30.7 Å². The molecule has 0 spiro atoms. The summed E-state index contributed by atoms with van der Waals surface area (Å²) in [6.07, 6.45) is 0. The third kappa shape index (κ3) is 3.10. The van der Waals surface area contributed by atoms with Crippen molar-refractivity contribution in [3.05, 3.63) is 65.0 Å². The molecule has 0 radical (unpaired) electrons. The molecule has 3 N–H and O–H groups in total. The molecule has 2 aromatic carbocycles. The third-order valence-electron chi connectivity index (χ3n) is 4.03. The summed E-state index contributed by atoms with van der Waals surface area (Å²) in [4.78, 5) is 12.5. The number of phenols is 1. The van der Waals surface area contributed by atoms with Crippen LogP contribution in [0, 0.1) is 0 Å². The van der Waals surface area contributed by atoms with Gasteiger partial charge >= 0.3 is 5.97 Å². The van der Waals surface area contributed by atoms with Crippen molar-refractivity contribution in [1.82, 2.24) is 0 Å². The Morgan fingerprint density at radius 2 is 1.96 bits per heavy atom. The van der Waals surface area contributed by atoms with Gasteiger partial charge < -0.3 is 25.1 Å². The zero-order chi connectivity index (χ0) is 18.0. The van der Waals surface area contributed by atoms with Crippen LogP contribution < -0.4 is 15.2 Å². The van der Waals surface area contributed by atoms with Gasteiger partial charge in [0, 0.05) is 11.6 Å². The van der Waals surface area contributed by atoms with E-state index in [0.717, 1.165) is 11.1 Å². The van der Waals surface area contributed by atoms with Crippen molar-refractivity contribution in [3.63, 3.8) is 0 Å². The predicted molar refractivity (Wildman–Crippen MR) is 91.4 cm³/mol. The molecule has 3 rings (SSSR count). The van der Waals surface area contributed by atoms with Crippen molar-refractivity contribution >= 4 is 5.97 Å². The molecular formula is C19H19NO5. The Labute approximate surface area is 145 Å². The molecule has 0 fully saturated rings. The quantitative estimate of drug-likeness (QED) is 0.831. The molecule has 1 atom stereocenters. The molecule has 0 amide bonds. The van der Waals surface area contributed by atoms with Crippen LogP contribution in [0.1, 0.15) is 24.0 Å². The minimum Gasteiger partial charge on any atom is -0.508 e. The second kappa shape index (κ2) is 6.76. The van der Waals surface area contributed by atoms with Gasteiger partial charge in [-0.25, -0.2) is 4.79 Å². The Balaban J connectivity index is 2.15. The minimum absolute atomic E-state index is 0.0302. The summed E-state index contributed by atoms with van der Waals surface area (Å²) in [5.41, 5.74) is 7.81. The highest BCUT2D eigenvalue weighted by molar-refractivity contribution is 5.92. The Morgan fingerprint density at radius 3 is 2.60 bits per heavy atom. The van der Waals surface area contributed by atoms with Crippen molar-refractivity contribution < 1.29 is 24.1 Å². The maximum Gasteiger partial charge on any atom is 0.340 e. The van der Waals surface area contributed by atoms with Crippen LogP contribution in [0.4, 0.5) is 0 Å². The second-order valence-corrected chi connectivity index (χ2v) is 5.53. The Kier molecular flexibility index (Phi) is 4.52. The van der Waals surface area contributed by atoms with Gasteiger partial charge in [0.05, 0.1) is 19.6 Å². The van der Waals surface area contributed by atoms with Crippen LogP contribution in [0.2, 0.25) is 0 Å². The largest absolute Gasteiger partial charge is 0.508 e. The molecule has 0 saturated carbocycles. The van der Waals surface area contributed by atoms with Crippen molar-refractivity contribution in [2.24, 2.45) is 5.73 Å². The van der Waals surface area contributed by atoms with Crippen molar-refractivity contribution in [2.45, 2.75) is 12.8 Å². The van der Waals surface area contributed by atoms with Gasteiger partial charge in [0.15, 0.2) is 0 Å². The zero-order valence-electron chi connectivity index (χ0n) is 14.0. The number of phenolic OH excluding ortho intramolecular Hbond substituents is 1. The summed E-state index contributed by atoms with van der Waals surface area (Å²) in [6, 6.07) is 12.1. The van der Waals surface area contributed by atoms with Crippen LogP contribution in [0.15, 0.2) is 53.9 Å². The van der Waals surface area contributed by atoms with Gasteiger partial charge in [0.25, 0.3) is 0 Å². The standard InChI is InChI=1S/C19H19NO5/c1-3-24-19(22)17-16(11-4-7-13(23-2)8-5-11)14-9-6-12(21)10-15(14)25-18(17)20/h4-10,16,21H,3,20H2,1-2H3/t16-/m1/s1. The Bertz CT molecular complexity index is 826. The predicted octanol–water partition coefficient (Wildman–Crippen LogP) is 2.66. The molecule has 6 heteroatoms. The monoisotopic (exact) mass is 341 g/mol. The number of nitrogens with two attached hydrogens (primary N) is 1. The van der Waals surface area contributed by atoms with Gasteiger partial charge in [0.1, 0.15) is 22.8 Å². The fraction of sp³-hybridized carbons (Fsp3) is 0.211. The lowest BCUT2D eigenvalue weighted by atomic mass is 9.83.